The number of benzene rings is 1. The zero-order valence-corrected chi connectivity index (χ0v) is 35.4. The maximum atomic E-state index is 12.7. The van der Waals surface area contributed by atoms with Gasteiger partial charge in [0.05, 0.1) is 55.7 Å². The molecule has 0 radical (unpaired) electrons. The van der Waals surface area contributed by atoms with Crippen LogP contribution in [0.3, 0.4) is 0 Å². The van der Waals surface area contributed by atoms with Crippen molar-refractivity contribution in [2.75, 3.05) is 64.7 Å². The molecule has 1 aromatic heterocycles. The smallest absolute Gasteiger partial charge is 0.247 e. The van der Waals surface area contributed by atoms with E-state index in [0.717, 1.165) is 67.0 Å². The Bertz CT molecular complexity index is 1270. The Morgan fingerprint density at radius 2 is 1.37 bits per heavy atom. The van der Waals surface area contributed by atoms with Crippen LogP contribution in [0.2, 0.25) is 0 Å². The van der Waals surface area contributed by atoms with Gasteiger partial charge in [-0.25, -0.2) is 4.98 Å². The predicted molar refractivity (Wildman–Crippen MR) is 221 cm³/mol. The predicted octanol–water partition coefficient (Wildman–Crippen LogP) is 8.58. The number of carbonyl (C=O) groups is 3. The number of nitrogens with one attached hydrogen (secondary N) is 1. The van der Waals surface area contributed by atoms with Gasteiger partial charge in [0.25, 0.3) is 0 Å². The molecule has 0 spiro atoms. The highest BCUT2D eigenvalue weighted by Crippen LogP contribution is 2.29. The molecule has 11 nitrogen and oxygen atoms in total. The number of likely N-dealkylation sites (tertiary alicyclic amines) is 1. The van der Waals surface area contributed by atoms with Gasteiger partial charge in [-0.2, -0.15) is 0 Å². The van der Waals surface area contributed by atoms with Crippen LogP contribution in [0.1, 0.15) is 124 Å². The van der Waals surface area contributed by atoms with E-state index in [4.69, 9.17) is 24.7 Å². The van der Waals surface area contributed by atoms with Crippen LogP contribution >= 0.6 is 11.3 Å². The average molecular weight is 777 g/mol. The number of nitrogens with two attached hydrogens (primary N) is 1. The van der Waals surface area contributed by atoms with Gasteiger partial charge in [0.2, 0.25) is 17.7 Å². The second kappa shape index (κ2) is 30.3. The lowest BCUT2D eigenvalue weighted by atomic mass is 9.91. The zero-order valence-electron chi connectivity index (χ0n) is 34.6. The summed E-state index contributed by atoms with van der Waals surface area (Å²) in [6.45, 7) is 20.2. The van der Waals surface area contributed by atoms with Gasteiger partial charge in [0.1, 0.15) is 6.04 Å². The number of thiazole rings is 1. The second-order valence-corrected chi connectivity index (χ2v) is 15.3. The quantitative estimate of drug-likeness (QED) is 0.0956. The normalized spacial score (nSPS) is 13.8. The van der Waals surface area contributed by atoms with Gasteiger partial charge in [0, 0.05) is 38.3 Å². The topological polar surface area (TPSA) is 142 Å². The summed E-state index contributed by atoms with van der Waals surface area (Å²) in [6.07, 6.45) is 11.6. The molecule has 2 aromatic rings. The van der Waals surface area contributed by atoms with Crippen molar-refractivity contribution in [1.82, 2.24) is 9.88 Å². The van der Waals surface area contributed by atoms with Crippen molar-refractivity contribution in [1.29, 1.82) is 0 Å². The lowest BCUT2D eigenvalue weighted by Gasteiger charge is -2.27. The van der Waals surface area contributed by atoms with Crippen LogP contribution in [-0.4, -0.2) is 93.0 Å². The Kier molecular flexibility index (Phi) is 27.6. The van der Waals surface area contributed by atoms with Crippen LogP contribution in [0.4, 0.5) is 5.69 Å². The number of carbonyl (C=O) groups excluding carboxylic acids is 3. The summed E-state index contributed by atoms with van der Waals surface area (Å²) in [6, 6.07) is 7.43. The highest BCUT2D eigenvalue weighted by Gasteiger charge is 2.35. The minimum Gasteiger partial charge on any atom is -0.379 e. The Hall–Kier alpha value is -2.90. The molecule has 54 heavy (non-hydrogen) atoms. The lowest BCUT2D eigenvalue weighted by Crippen LogP contribution is -2.44. The van der Waals surface area contributed by atoms with Crippen LogP contribution in [0, 0.1) is 12.3 Å². The fourth-order valence-electron chi connectivity index (χ4n) is 5.65. The van der Waals surface area contributed by atoms with Gasteiger partial charge in [0.15, 0.2) is 0 Å². The summed E-state index contributed by atoms with van der Waals surface area (Å²) in [5.74, 6) is -0.266. The maximum absolute atomic E-state index is 12.7. The molecule has 3 amide bonds. The van der Waals surface area contributed by atoms with Crippen LogP contribution < -0.4 is 11.1 Å². The molecule has 1 aliphatic rings. The molecule has 1 saturated heterocycles. The van der Waals surface area contributed by atoms with Crippen molar-refractivity contribution in [2.45, 2.75) is 132 Å². The number of anilines is 1. The monoisotopic (exact) mass is 777 g/mol. The summed E-state index contributed by atoms with van der Waals surface area (Å²) in [7, 11) is 0. The second-order valence-electron chi connectivity index (χ2n) is 14.5. The van der Waals surface area contributed by atoms with Crippen LogP contribution in [0.15, 0.2) is 29.8 Å². The number of amides is 3. The Labute approximate surface area is 330 Å². The number of rotatable bonds is 25. The lowest BCUT2D eigenvalue weighted by molar-refractivity contribution is -0.138. The third kappa shape index (κ3) is 23.1. The number of hydrogen-bond acceptors (Lipinski definition) is 9. The summed E-state index contributed by atoms with van der Waals surface area (Å²) < 4.78 is 21.8. The van der Waals surface area contributed by atoms with E-state index in [1.54, 1.807) is 16.2 Å². The van der Waals surface area contributed by atoms with E-state index in [1.165, 1.54) is 25.7 Å². The minimum atomic E-state index is -0.372. The molecule has 1 aliphatic heterocycles. The molecule has 0 saturated carbocycles. The highest BCUT2D eigenvalue weighted by atomic mass is 32.1. The molecule has 1 atom stereocenters. The molecule has 1 aromatic carbocycles. The Balaban J connectivity index is 0.000000519. The number of hydrogen-bond donors (Lipinski definition) is 2. The van der Waals surface area contributed by atoms with Gasteiger partial charge in [-0.1, -0.05) is 85.8 Å². The van der Waals surface area contributed by atoms with E-state index >= 15 is 0 Å². The highest BCUT2D eigenvalue weighted by molar-refractivity contribution is 7.13. The fourth-order valence-corrected chi connectivity index (χ4v) is 6.46. The molecule has 3 N–H and O–H groups in total. The van der Waals surface area contributed by atoms with Crippen molar-refractivity contribution in [3.63, 3.8) is 0 Å². The average Bonchev–Trinajstić information content (AvgIpc) is 3.81. The molecule has 1 unspecified atom stereocenters. The molecule has 2 heterocycles. The minimum absolute atomic E-state index is 0.0659. The summed E-state index contributed by atoms with van der Waals surface area (Å²) in [5, 5.41) is 2.97. The summed E-state index contributed by atoms with van der Waals surface area (Å²) in [5.41, 5.74) is 9.68. The van der Waals surface area contributed by atoms with Gasteiger partial charge in [-0.15, -0.1) is 11.3 Å². The standard InChI is InChI=1S/C21H27N3O2S.C19H39NO5.C2H6/c1-14-19(27-13-22-14)15-7-9-16(10-8-15)23-20(26)17-6-5-11-24(17)18(25)12-21(2,3)4;1-2-3-4-5-8-11-22-13-15-24-17-18-25-16-14-23-12-9-6-7-10-19(20)21;1-2/h7-10,13,17H,5-6,11-12H2,1-4H3,(H,23,26);2-18H2,1H3,(H2,20,21);1-2H3. The SMILES string of the molecule is CC.CCCCCCCOCCOCCOCCOCCCCCC(N)=O.Cc1ncsc1-c1ccc(NC(=O)C2CCCN2C(=O)CC(C)(C)C)cc1. The van der Waals surface area contributed by atoms with E-state index in [2.05, 4.69) is 17.2 Å². The van der Waals surface area contributed by atoms with Crippen LogP contribution in [0.5, 0.6) is 0 Å². The summed E-state index contributed by atoms with van der Waals surface area (Å²) >= 11 is 1.61. The molecular weight excluding hydrogens is 705 g/mol. The molecule has 12 heteroatoms. The number of nitrogens with zero attached hydrogens (tertiary/aromatic N) is 2. The van der Waals surface area contributed by atoms with E-state index in [-0.39, 0.29) is 29.2 Å². The molecular formula is C42H72N4O7S. The van der Waals surface area contributed by atoms with E-state index < -0.39 is 0 Å². The molecule has 3 rings (SSSR count). The molecule has 0 bridgehead atoms. The maximum Gasteiger partial charge on any atom is 0.247 e. The van der Waals surface area contributed by atoms with Crippen molar-refractivity contribution < 1.29 is 33.3 Å². The number of aryl methyl sites for hydroxylation is 1. The molecule has 0 aliphatic carbocycles. The first-order valence-corrected chi connectivity index (χ1v) is 21.1. The number of ether oxygens (including phenoxy) is 4. The van der Waals surface area contributed by atoms with E-state index in [9.17, 15) is 14.4 Å². The number of primary amides is 1. The van der Waals surface area contributed by atoms with Crippen LogP contribution in [-0.2, 0) is 33.3 Å². The van der Waals surface area contributed by atoms with E-state index in [0.29, 0.717) is 65.6 Å². The number of unbranched alkanes of at least 4 members (excludes halogenated alkanes) is 6. The fraction of sp³-hybridized carbons (Fsp3) is 0.714. The van der Waals surface area contributed by atoms with E-state index in [1.807, 2.05) is 71.3 Å². The molecule has 1 fully saturated rings. The Morgan fingerprint density at radius 1 is 0.833 bits per heavy atom. The third-order valence-corrected chi connectivity index (χ3v) is 9.42. The molecule has 308 valence electrons. The largest absolute Gasteiger partial charge is 0.379 e. The van der Waals surface area contributed by atoms with Crippen molar-refractivity contribution in [2.24, 2.45) is 11.1 Å². The summed E-state index contributed by atoms with van der Waals surface area (Å²) in [4.78, 5) is 43.0. The van der Waals surface area contributed by atoms with Crippen molar-refractivity contribution in [3.8, 4) is 10.4 Å². The van der Waals surface area contributed by atoms with Crippen molar-refractivity contribution >= 4 is 34.7 Å². The van der Waals surface area contributed by atoms with Crippen LogP contribution in [0.25, 0.3) is 10.4 Å². The number of aromatic nitrogens is 1. The Morgan fingerprint density at radius 3 is 1.87 bits per heavy atom. The first-order valence-electron chi connectivity index (χ1n) is 20.2. The van der Waals surface area contributed by atoms with Gasteiger partial charge < -0.3 is 34.9 Å². The van der Waals surface area contributed by atoms with Gasteiger partial charge >= 0.3 is 0 Å². The van der Waals surface area contributed by atoms with Gasteiger partial charge in [-0.05, 0) is 62.1 Å². The first-order chi connectivity index (χ1) is 26.0. The third-order valence-electron chi connectivity index (χ3n) is 8.44. The first kappa shape index (κ1) is 49.1. The van der Waals surface area contributed by atoms with Gasteiger partial charge in [-0.3, -0.25) is 14.4 Å². The zero-order chi connectivity index (χ0) is 40.0. The van der Waals surface area contributed by atoms with Crippen molar-refractivity contribution in [3.05, 3.63) is 35.5 Å².